The summed E-state index contributed by atoms with van der Waals surface area (Å²) in [5, 5.41) is 20.7. The molecule has 0 aliphatic carbocycles. The van der Waals surface area contributed by atoms with Crippen LogP contribution in [0.1, 0.15) is 26.7 Å². The van der Waals surface area contributed by atoms with E-state index in [1.807, 2.05) is 0 Å². The molecule has 0 fully saturated rings. The van der Waals surface area contributed by atoms with Crippen molar-refractivity contribution in [2.45, 2.75) is 0 Å². The highest BCUT2D eigenvalue weighted by molar-refractivity contribution is 6.08. The Morgan fingerprint density at radius 1 is 1.39 bits per heavy atom. The number of anilines is 1. The highest BCUT2D eigenvalue weighted by Crippen LogP contribution is 2.15. The molecule has 0 bridgehead atoms. The summed E-state index contributed by atoms with van der Waals surface area (Å²) in [6.07, 6.45) is 3.94. The smallest absolute Gasteiger partial charge is 0.358 e. The Hall–Kier alpha value is -3.49. The lowest BCUT2D eigenvalue weighted by atomic mass is 10.2. The number of carbonyl (C=O) groups excluding carboxylic acids is 1. The Bertz CT molecular complexity index is 809. The predicted molar refractivity (Wildman–Crippen MR) is 82.5 cm³/mol. The molecule has 0 unspecified atom stereocenters. The molecule has 0 spiro atoms. The Morgan fingerprint density at radius 2 is 2.09 bits per heavy atom. The average molecular weight is 315 g/mol. The van der Waals surface area contributed by atoms with Gasteiger partial charge in [0.25, 0.3) is 5.91 Å². The number of aromatic carboxylic acids is 1. The number of aryl methyl sites for hydroxylation is 1. The van der Waals surface area contributed by atoms with Crippen molar-refractivity contribution >= 4 is 29.4 Å². The number of nitrogens with one attached hydrogen (secondary N) is 1. The number of carbonyl (C=O) groups is 2. The van der Waals surface area contributed by atoms with Crippen LogP contribution < -0.4 is 16.5 Å². The lowest BCUT2D eigenvalue weighted by Crippen LogP contribution is -2.30. The molecule has 2 rings (SSSR count). The first-order valence-corrected chi connectivity index (χ1v) is 6.48. The Labute approximate surface area is 131 Å². The van der Waals surface area contributed by atoms with E-state index in [0.717, 1.165) is 0 Å². The third kappa shape index (κ3) is 3.40. The first-order chi connectivity index (χ1) is 11.0. The molecule has 0 atom stereocenters. The SMILES string of the molecule is Cn1cc(NC(=O)c2cccc(C(C=[NH2+])=CN)n2)c(C(=O)O)n1. The van der Waals surface area contributed by atoms with Gasteiger partial charge in [0.05, 0.1) is 17.0 Å². The van der Waals surface area contributed by atoms with E-state index in [1.54, 1.807) is 19.2 Å². The maximum atomic E-state index is 12.3. The number of carboxylic acid groups (broad SMARTS) is 1. The van der Waals surface area contributed by atoms with Crippen molar-refractivity contribution in [3.63, 3.8) is 0 Å². The van der Waals surface area contributed by atoms with Crippen LogP contribution in [0.25, 0.3) is 5.57 Å². The monoisotopic (exact) mass is 315 g/mol. The van der Waals surface area contributed by atoms with Crippen molar-refractivity contribution in [2.24, 2.45) is 12.8 Å². The van der Waals surface area contributed by atoms with Crippen LogP contribution >= 0.6 is 0 Å². The summed E-state index contributed by atoms with van der Waals surface area (Å²) in [6.45, 7) is 0. The number of aromatic nitrogens is 3. The van der Waals surface area contributed by atoms with Crippen LogP contribution in [-0.4, -0.2) is 38.0 Å². The minimum absolute atomic E-state index is 0.0807. The van der Waals surface area contributed by atoms with Gasteiger partial charge in [0.1, 0.15) is 5.69 Å². The first-order valence-electron chi connectivity index (χ1n) is 6.48. The summed E-state index contributed by atoms with van der Waals surface area (Å²) in [6, 6.07) is 4.75. The van der Waals surface area contributed by atoms with Gasteiger partial charge in [0.2, 0.25) is 0 Å². The number of amides is 1. The summed E-state index contributed by atoms with van der Waals surface area (Å²) >= 11 is 0. The fourth-order valence-corrected chi connectivity index (χ4v) is 1.87. The van der Waals surface area contributed by atoms with E-state index in [9.17, 15) is 9.59 Å². The predicted octanol–water partition coefficient (Wildman–Crippen LogP) is -1.10. The molecule has 2 aromatic rings. The molecule has 0 aromatic carbocycles. The van der Waals surface area contributed by atoms with Crippen molar-refractivity contribution in [2.75, 3.05) is 5.32 Å². The average Bonchev–Trinajstić information content (AvgIpc) is 2.89. The van der Waals surface area contributed by atoms with Crippen molar-refractivity contribution in [3.8, 4) is 0 Å². The van der Waals surface area contributed by atoms with Gasteiger partial charge in [-0.15, -0.1) is 0 Å². The molecular weight excluding hydrogens is 300 g/mol. The Kier molecular flexibility index (Phi) is 4.50. The van der Waals surface area contributed by atoms with Crippen LogP contribution in [0.2, 0.25) is 0 Å². The molecule has 1 amide bonds. The van der Waals surface area contributed by atoms with Crippen molar-refractivity contribution in [3.05, 3.63) is 47.7 Å². The van der Waals surface area contributed by atoms with E-state index in [2.05, 4.69) is 15.4 Å². The molecule has 23 heavy (non-hydrogen) atoms. The number of allylic oxidation sites excluding steroid dienone is 1. The number of pyridine rings is 1. The van der Waals surface area contributed by atoms with Gasteiger partial charge in [-0.2, -0.15) is 5.10 Å². The van der Waals surface area contributed by atoms with E-state index in [0.29, 0.717) is 11.3 Å². The van der Waals surface area contributed by atoms with Crippen molar-refractivity contribution in [1.82, 2.24) is 14.8 Å². The quantitative estimate of drug-likeness (QED) is 0.514. The number of nitrogens with zero attached hydrogens (tertiary/aromatic N) is 3. The van der Waals surface area contributed by atoms with E-state index in [-0.39, 0.29) is 17.1 Å². The molecule has 0 saturated heterocycles. The number of nitrogens with two attached hydrogens (primary N) is 2. The molecule has 0 aliphatic heterocycles. The number of carboxylic acids is 1. The van der Waals surface area contributed by atoms with Crippen LogP contribution in [0.3, 0.4) is 0 Å². The van der Waals surface area contributed by atoms with Crippen molar-refractivity contribution in [1.29, 1.82) is 0 Å². The van der Waals surface area contributed by atoms with Crippen LogP contribution in [0.4, 0.5) is 5.69 Å². The van der Waals surface area contributed by atoms with E-state index in [1.165, 1.54) is 29.4 Å². The standard InChI is InChI=1S/C14H14N6O3/c1-20-7-11(12(19-20)14(22)23)18-13(21)10-4-2-3-9(17-10)8(5-15)6-16/h2-7,15H,16H2,1H3,(H,18,21)(H,22,23)/p+1. The summed E-state index contributed by atoms with van der Waals surface area (Å²) in [7, 11) is 1.55. The van der Waals surface area contributed by atoms with Gasteiger partial charge >= 0.3 is 5.97 Å². The zero-order valence-corrected chi connectivity index (χ0v) is 12.2. The summed E-state index contributed by atoms with van der Waals surface area (Å²) in [4.78, 5) is 27.5. The maximum Gasteiger partial charge on any atom is 0.358 e. The number of hydrogen-bond acceptors (Lipinski definition) is 5. The summed E-state index contributed by atoms with van der Waals surface area (Å²) in [5.41, 5.74) is 6.23. The van der Waals surface area contributed by atoms with Gasteiger partial charge in [-0.1, -0.05) is 6.07 Å². The van der Waals surface area contributed by atoms with Gasteiger partial charge in [-0.05, 0) is 12.1 Å². The molecule has 0 saturated carbocycles. The minimum atomic E-state index is -1.24. The van der Waals surface area contributed by atoms with Gasteiger partial charge in [0.15, 0.2) is 11.9 Å². The van der Waals surface area contributed by atoms with Gasteiger partial charge in [-0.25, -0.2) is 9.78 Å². The molecule has 9 nitrogen and oxygen atoms in total. The van der Waals surface area contributed by atoms with Gasteiger partial charge in [0, 0.05) is 19.4 Å². The minimum Gasteiger partial charge on any atom is -0.476 e. The Morgan fingerprint density at radius 3 is 2.70 bits per heavy atom. The van der Waals surface area contributed by atoms with Crippen molar-refractivity contribution < 1.29 is 20.1 Å². The van der Waals surface area contributed by atoms with Crippen LogP contribution in [0, 0.1) is 0 Å². The molecule has 6 N–H and O–H groups in total. The third-order valence-electron chi connectivity index (χ3n) is 2.92. The number of rotatable bonds is 5. The second-order valence-corrected chi connectivity index (χ2v) is 4.52. The number of hydrogen-bond donors (Lipinski definition) is 4. The second-order valence-electron chi connectivity index (χ2n) is 4.52. The van der Waals surface area contributed by atoms with E-state index >= 15 is 0 Å². The second kappa shape index (κ2) is 6.52. The first kappa shape index (κ1) is 15.9. The molecule has 0 aliphatic rings. The van der Waals surface area contributed by atoms with Gasteiger partial charge < -0.3 is 16.2 Å². The lowest BCUT2D eigenvalue weighted by molar-refractivity contribution is -0.103. The highest BCUT2D eigenvalue weighted by atomic mass is 16.4. The van der Waals surface area contributed by atoms with E-state index in [4.69, 9.17) is 16.2 Å². The zero-order chi connectivity index (χ0) is 17.0. The molecular formula is C14H15N6O3+. The molecule has 2 heterocycles. The fourth-order valence-electron chi connectivity index (χ4n) is 1.87. The third-order valence-corrected chi connectivity index (χ3v) is 2.92. The van der Waals surface area contributed by atoms with Gasteiger partial charge in [-0.3, -0.25) is 14.9 Å². The van der Waals surface area contributed by atoms with Crippen LogP contribution in [0.15, 0.2) is 30.6 Å². The van der Waals surface area contributed by atoms with Crippen LogP contribution in [-0.2, 0) is 7.05 Å². The molecule has 0 radical (unpaired) electrons. The molecule has 118 valence electrons. The Balaban J connectivity index is 2.30. The normalized spacial score (nSPS) is 11.1. The summed E-state index contributed by atoms with van der Waals surface area (Å²) < 4.78 is 1.29. The summed E-state index contributed by atoms with van der Waals surface area (Å²) in [5.74, 6) is -1.82. The topological polar surface area (TPSA) is 149 Å². The fraction of sp³-hybridized carbons (Fsp3) is 0.0714. The van der Waals surface area contributed by atoms with E-state index < -0.39 is 11.9 Å². The largest absolute Gasteiger partial charge is 0.476 e. The highest BCUT2D eigenvalue weighted by Gasteiger charge is 2.18. The zero-order valence-electron chi connectivity index (χ0n) is 12.2. The lowest BCUT2D eigenvalue weighted by Gasteiger charge is -2.05. The maximum absolute atomic E-state index is 12.3. The molecule has 2 aromatic heterocycles. The molecule has 9 heteroatoms. The van der Waals surface area contributed by atoms with Crippen LogP contribution in [0.5, 0.6) is 0 Å².